The number of fused-ring (bicyclic) bond motifs is 2. The standard InChI is InChI=1S/C9H18N2/c1-6(2)11-7(3)9-4-8(11)5-10-9/h6-10H,4-5H2,1-3H3. The average Bonchev–Trinajstić information content (AvgIpc) is 2.44. The fourth-order valence-corrected chi connectivity index (χ4v) is 2.77. The third kappa shape index (κ3) is 1.00. The molecule has 2 heteroatoms. The van der Waals surface area contributed by atoms with Crippen LogP contribution in [0.3, 0.4) is 0 Å². The van der Waals surface area contributed by atoms with E-state index in [0.29, 0.717) is 0 Å². The van der Waals surface area contributed by atoms with Crippen LogP contribution >= 0.6 is 0 Å². The van der Waals surface area contributed by atoms with Gasteiger partial charge in [-0.1, -0.05) is 0 Å². The van der Waals surface area contributed by atoms with Crippen molar-refractivity contribution in [3.63, 3.8) is 0 Å². The topological polar surface area (TPSA) is 15.3 Å². The second-order valence-electron chi connectivity index (χ2n) is 4.19. The monoisotopic (exact) mass is 154 g/mol. The van der Waals surface area contributed by atoms with E-state index >= 15 is 0 Å². The van der Waals surface area contributed by atoms with Crippen molar-refractivity contribution in [2.24, 2.45) is 0 Å². The first-order valence-corrected chi connectivity index (χ1v) is 4.71. The van der Waals surface area contributed by atoms with E-state index in [9.17, 15) is 0 Å². The lowest BCUT2D eigenvalue weighted by Gasteiger charge is -2.36. The predicted octanol–water partition coefficient (Wildman–Crippen LogP) is 0.829. The van der Waals surface area contributed by atoms with Crippen molar-refractivity contribution in [3.05, 3.63) is 0 Å². The van der Waals surface area contributed by atoms with Crippen LogP contribution in [-0.2, 0) is 0 Å². The van der Waals surface area contributed by atoms with E-state index in [2.05, 4.69) is 31.0 Å². The highest BCUT2D eigenvalue weighted by atomic mass is 15.3. The normalized spacial score (nSPS) is 44.2. The molecule has 1 N–H and O–H groups in total. The molecule has 0 aromatic rings. The number of nitrogens with one attached hydrogen (secondary N) is 1. The molecule has 2 heterocycles. The molecule has 2 bridgehead atoms. The van der Waals surface area contributed by atoms with Crippen LogP contribution in [0.15, 0.2) is 0 Å². The highest BCUT2D eigenvalue weighted by Gasteiger charge is 2.43. The SMILES string of the molecule is CC(C)N1C2CNC(C2)C1C. The maximum atomic E-state index is 3.55. The van der Waals surface area contributed by atoms with Crippen LogP contribution in [0.1, 0.15) is 27.2 Å². The molecule has 11 heavy (non-hydrogen) atoms. The lowest BCUT2D eigenvalue weighted by molar-refractivity contribution is 0.126. The Hall–Kier alpha value is -0.0800. The lowest BCUT2D eigenvalue weighted by Crippen LogP contribution is -2.52. The molecule has 3 unspecified atom stereocenters. The van der Waals surface area contributed by atoms with Crippen LogP contribution in [0.2, 0.25) is 0 Å². The second kappa shape index (κ2) is 2.46. The molecule has 2 nitrogen and oxygen atoms in total. The summed E-state index contributed by atoms with van der Waals surface area (Å²) in [5, 5.41) is 3.55. The Kier molecular flexibility index (Phi) is 1.69. The number of rotatable bonds is 1. The Morgan fingerprint density at radius 3 is 2.55 bits per heavy atom. The summed E-state index contributed by atoms with van der Waals surface area (Å²) in [7, 11) is 0. The van der Waals surface area contributed by atoms with Gasteiger partial charge in [0, 0.05) is 30.7 Å². The van der Waals surface area contributed by atoms with Crippen molar-refractivity contribution in [1.82, 2.24) is 10.2 Å². The second-order valence-corrected chi connectivity index (χ2v) is 4.19. The van der Waals surface area contributed by atoms with Gasteiger partial charge in [0.1, 0.15) is 0 Å². The Labute approximate surface area is 69.0 Å². The molecule has 2 rings (SSSR count). The fourth-order valence-electron chi connectivity index (χ4n) is 2.77. The van der Waals surface area contributed by atoms with Crippen molar-refractivity contribution < 1.29 is 0 Å². The molecular formula is C9H18N2. The first kappa shape index (κ1) is 7.56. The summed E-state index contributed by atoms with van der Waals surface area (Å²) in [5.74, 6) is 0. The minimum absolute atomic E-state index is 0.724. The molecule has 0 aromatic carbocycles. The highest BCUT2D eigenvalue weighted by molar-refractivity contribution is 5.03. The summed E-state index contributed by atoms with van der Waals surface area (Å²) in [5.41, 5.74) is 0. The van der Waals surface area contributed by atoms with Gasteiger partial charge in [0.15, 0.2) is 0 Å². The van der Waals surface area contributed by atoms with Gasteiger partial charge in [-0.2, -0.15) is 0 Å². The van der Waals surface area contributed by atoms with Crippen LogP contribution in [0.5, 0.6) is 0 Å². The fraction of sp³-hybridized carbons (Fsp3) is 1.00. The number of piperazine rings is 1. The zero-order valence-corrected chi connectivity index (χ0v) is 7.67. The molecule has 0 aromatic heterocycles. The van der Waals surface area contributed by atoms with E-state index in [1.165, 1.54) is 13.0 Å². The summed E-state index contributed by atoms with van der Waals surface area (Å²) in [4.78, 5) is 2.65. The largest absolute Gasteiger partial charge is 0.311 e. The van der Waals surface area contributed by atoms with Gasteiger partial charge in [0.25, 0.3) is 0 Å². The minimum atomic E-state index is 0.724. The Bertz CT molecular complexity index is 154. The highest BCUT2D eigenvalue weighted by Crippen LogP contribution is 2.30. The first-order chi connectivity index (χ1) is 5.20. The summed E-state index contributed by atoms with van der Waals surface area (Å²) in [6, 6.07) is 3.09. The van der Waals surface area contributed by atoms with Crippen LogP contribution in [-0.4, -0.2) is 35.6 Å². The van der Waals surface area contributed by atoms with Gasteiger partial charge in [-0.25, -0.2) is 0 Å². The Balaban J connectivity index is 2.11. The van der Waals surface area contributed by atoms with Crippen LogP contribution in [0.25, 0.3) is 0 Å². The number of nitrogens with zero attached hydrogens (tertiary/aromatic N) is 1. The van der Waals surface area contributed by atoms with Gasteiger partial charge in [-0.05, 0) is 27.2 Å². The number of hydrogen-bond acceptors (Lipinski definition) is 2. The summed E-state index contributed by atoms with van der Waals surface area (Å²) < 4.78 is 0. The van der Waals surface area contributed by atoms with Crippen molar-refractivity contribution >= 4 is 0 Å². The van der Waals surface area contributed by atoms with E-state index in [1.807, 2.05) is 0 Å². The van der Waals surface area contributed by atoms with Crippen molar-refractivity contribution in [2.75, 3.05) is 6.54 Å². The first-order valence-electron chi connectivity index (χ1n) is 4.71. The van der Waals surface area contributed by atoms with Gasteiger partial charge in [0.05, 0.1) is 0 Å². The summed E-state index contributed by atoms with van der Waals surface area (Å²) in [6.45, 7) is 8.17. The smallest absolute Gasteiger partial charge is 0.0242 e. The maximum absolute atomic E-state index is 3.55. The summed E-state index contributed by atoms with van der Waals surface area (Å²) >= 11 is 0. The molecular weight excluding hydrogens is 136 g/mol. The maximum Gasteiger partial charge on any atom is 0.0242 e. The van der Waals surface area contributed by atoms with Crippen molar-refractivity contribution in [2.45, 2.75) is 51.4 Å². The third-order valence-corrected chi connectivity index (χ3v) is 3.21. The van der Waals surface area contributed by atoms with Crippen molar-refractivity contribution in [3.8, 4) is 0 Å². The zero-order valence-electron chi connectivity index (χ0n) is 7.67. The van der Waals surface area contributed by atoms with Gasteiger partial charge in [-0.15, -0.1) is 0 Å². The van der Waals surface area contributed by atoms with Gasteiger partial charge >= 0.3 is 0 Å². The van der Waals surface area contributed by atoms with E-state index in [0.717, 1.165) is 24.2 Å². The van der Waals surface area contributed by atoms with Crippen LogP contribution < -0.4 is 5.32 Å². The van der Waals surface area contributed by atoms with Gasteiger partial charge in [0.2, 0.25) is 0 Å². The molecule has 3 atom stereocenters. The molecule has 0 amide bonds. The predicted molar refractivity (Wildman–Crippen MR) is 46.6 cm³/mol. The van der Waals surface area contributed by atoms with Gasteiger partial charge in [-0.3, -0.25) is 4.90 Å². The van der Waals surface area contributed by atoms with Gasteiger partial charge < -0.3 is 5.32 Å². The molecule has 64 valence electrons. The molecule has 2 aliphatic heterocycles. The van der Waals surface area contributed by atoms with E-state index in [-0.39, 0.29) is 0 Å². The molecule has 0 saturated carbocycles. The molecule has 0 spiro atoms. The third-order valence-electron chi connectivity index (χ3n) is 3.21. The molecule has 2 fully saturated rings. The Morgan fingerprint density at radius 1 is 1.45 bits per heavy atom. The van der Waals surface area contributed by atoms with Crippen LogP contribution in [0, 0.1) is 0 Å². The molecule has 2 saturated heterocycles. The van der Waals surface area contributed by atoms with Crippen molar-refractivity contribution in [1.29, 1.82) is 0 Å². The van der Waals surface area contributed by atoms with E-state index in [1.54, 1.807) is 0 Å². The number of likely N-dealkylation sites (tertiary alicyclic amines) is 1. The van der Waals surface area contributed by atoms with E-state index < -0.39 is 0 Å². The van der Waals surface area contributed by atoms with E-state index in [4.69, 9.17) is 0 Å². The minimum Gasteiger partial charge on any atom is -0.311 e. The molecule has 0 radical (unpaired) electrons. The quantitative estimate of drug-likeness (QED) is 0.602. The molecule has 0 aliphatic carbocycles. The Morgan fingerprint density at radius 2 is 2.18 bits per heavy atom. The summed E-state index contributed by atoms with van der Waals surface area (Å²) in [6.07, 6.45) is 1.37. The molecule has 2 aliphatic rings. The average molecular weight is 154 g/mol. The lowest BCUT2D eigenvalue weighted by atomic mass is 10.1. The number of hydrogen-bond donors (Lipinski definition) is 1. The zero-order chi connectivity index (χ0) is 8.01. The van der Waals surface area contributed by atoms with Crippen LogP contribution in [0.4, 0.5) is 0 Å².